The molecule has 1 unspecified atom stereocenters. The van der Waals surface area contributed by atoms with Crippen molar-refractivity contribution in [2.75, 3.05) is 95.6 Å². The molecule has 0 bridgehead atoms. The van der Waals surface area contributed by atoms with Crippen molar-refractivity contribution >= 4 is 34.9 Å². The highest BCUT2D eigenvalue weighted by atomic mass is 32.2. The standard InChI is InChI=1S/C32H39N5O4S2/c38-32-26(4-2-8-33-32)37-13-18-41-27(22-37)25-3-1-5-29-31(25)43-28-7-6-23(19-30(28)42-29)34-24(20-35-9-14-39-15-10-35)21-36-11-16-40-17-12-36/h1-8,19,24,27,34H,9-18,20-22H2,(H,33,38). The summed E-state index contributed by atoms with van der Waals surface area (Å²) in [6.45, 7) is 11.1. The molecule has 9 nitrogen and oxygen atoms in total. The summed E-state index contributed by atoms with van der Waals surface area (Å²) in [5, 5.41) is 3.89. The Morgan fingerprint density at radius 2 is 1.60 bits per heavy atom. The lowest BCUT2D eigenvalue weighted by Gasteiger charge is -2.36. The number of hydrogen-bond acceptors (Lipinski definition) is 10. The highest BCUT2D eigenvalue weighted by molar-refractivity contribution is 8.05. The number of rotatable bonds is 8. The minimum atomic E-state index is -0.0972. The molecule has 2 N–H and O–H groups in total. The summed E-state index contributed by atoms with van der Waals surface area (Å²) in [7, 11) is 0. The number of anilines is 2. The number of aromatic amines is 1. The van der Waals surface area contributed by atoms with Gasteiger partial charge in [-0.3, -0.25) is 14.6 Å². The van der Waals surface area contributed by atoms with Crippen molar-refractivity contribution in [1.82, 2.24) is 14.8 Å². The van der Waals surface area contributed by atoms with Gasteiger partial charge in [-0.2, -0.15) is 0 Å². The number of benzene rings is 2. The van der Waals surface area contributed by atoms with Crippen LogP contribution in [0.5, 0.6) is 0 Å². The Bertz CT molecular complexity index is 1440. The average Bonchev–Trinajstić information content (AvgIpc) is 3.05. The van der Waals surface area contributed by atoms with Crippen LogP contribution >= 0.6 is 23.5 Å². The molecule has 4 aliphatic heterocycles. The van der Waals surface area contributed by atoms with Crippen LogP contribution in [-0.4, -0.2) is 106 Å². The van der Waals surface area contributed by atoms with Crippen LogP contribution in [-0.2, 0) is 14.2 Å². The monoisotopic (exact) mass is 621 g/mol. The number of fused-ring (bicyclic) bond motifs is 2. The molecule has 0 aliphatic carbocycles. The van der Waals surface area contributed by atoms with E-state index in [9.17, 15) is 4.79 Å². The van der Waals surface area contributed by atoms with Gasteiger partial charge in [-0.05, 0) is 42.0 Å². The Morgan fingerprint density at radius 3 is 2.35 bits per heavy atom. The molecule has 0 saturated carbocycles. The van der Waals surface area contributed by atoms with E-state index < -0.39 is 0 Å². The van der Waals surface area contributed by atoms with Gasteiger partial charge in [0.1, 0.15) is 11.8 Å². The van der Waals surface area contributed by atoms with E-state index in [2.05, 4.69) is 61.4 Å². The maximum atomic E-state index is 12.5. The van der Waals surface area contributed by atoms with Crippen LogP contribution in [0.4, 0.5) is 11.4 Å². The van der Waals surface area contributed by atoms with Gasteiger partial charge in [-0.15, -0.1) is 0 Å². The van der Waals surface area contributed by atoms with Crippen LogP contribution in [0.25, 0.3) is 0 Å². The number of aromatic nitrogens is 1. The zero-order valence-corrected chi connectivity index (χ0v) is 26.0. The van der Waals surface area contributed by atoms with Gasteiger partial charge in [0.05, 0.1) is 39.1 Å². The zero-order valence-electron chi connectivity index (χ0n) is 24.3. The number of nitrogens with zero attached hydrogens (tertiary/aromatic N) is 3. The van der Waals surface area contributed by atoms with Gasteiger partial charge in [0.2, 0.25) is 0 Å². The molecule has 0 spiro atoms. The van der Waals surface area contributed by atoms with E-state index in [1.807, 2.05) is 35.7 Å². The summed E-state index contributed by atoms with van der Waals surface area (Å²) < 4.78 is 17.5. The highest BCUT2D eigenvalue weighted by Crippen LogP contribution is 2.51. The van der Waals surface area contributed by atoms with Gasteiger partial charge < -0.3 is 29.4 Å². The van der Waals surface area contributed by atoms with E-state index in [0.29, 0.717) is 31.4 Å². The summed E-state index contributed by atoms with van der Waals surface area (Å²) in [5.74, 6) is 0. The van der Waals surface area contributed by atoms with Crippen molar-refractivity contribution in [2.24, 2.45) is 0 Å². The van der Waals surface area contributed by atoms with E-state index in [1.54, 1.807) is 6.20 Å². The zero-order chi connectivity index (χ0) is 29.0. The van der Waals surface area contributed by atoms with E-state index >= 15 is 0 Å². The number of ether oxygens (including phenoxy) is 3. The molecule has 0 radical (unpaired) electrons. The molecule has 11 heteroatoms. The van der Waals surface area contributed by atoms with Gasteiger partial charge in [0.25, 0.3) is 5.56 Å². The smallest absolute Gasteiger partial charge is 0.271 e. The first-order valence-electron chi connectivity index (χ1n) is 15.2. The molecule has 4 aliphatic rings. The normalized spacial score (nSPS) is 21.4. The Morgan fingerprint density at radius 1 is 0.837 bits per heavy atom. The summed E-state index contributed by atoms with van der Waals surface area (Å²) in [5.41, 5.74) is 3.00. The number of H-pyrrole nitrogens is 1. The maximum absolute atomic E-state index is 12.5. The third kappa shape index (κ3) is 6.93. The summed E-state index contributed by atoms with van der Waals surface area (Å²) in [6, 6.07) is 17.4. The quantitative estimate of drug-likeness (QED) is 0.301. The fraction of sp³-hybridized carbons (Fsp3) is 0.469. The number of pyridine rings is 1. The molecular weight excluding hydrogens is 583 g/mol. The van der Waals surface area contributed by atoms with E-state index in [4.69, 9.17) is 14.2 Å². The van der Waals surface area contributed by atoms with Crippen molar-refractivity contribution in [3.63, 3.8) is 0 Å². The van der Waals surface area contributed by atoms with Crippen LogP contribution in [0.2, 0.25) is 0 Å². The average molecular weight is 622 g/mol. The summed E-state index contributed by atoms with van der Waals surface area (Å²) >= 11 is 3.66. The predicted molar refractivity (Wildman–Crippen MR) is 171 cm³/mol. The topological polar surface area (TPSA) is 82.3 Å². The highest BCUT2D eigenvalue weighted by Gasteiger charge is 2.29. The van der Waals surface area contributed by atoms with Gasteiger partial charge >= 0.3 is 0 Å². The molecule has 1 aromatic heterocycles. The SMILES string of the molecule is O=c1[nH]cccc1N1CCOC(c2cccc3c2Sc2ccc(NC(CN4CCOCC4)CN4CCOCC4)cc2S3)C1. The molecule has 7 rings (SSSR count). The fourth-order valence-corrected chi connectivity index (χ4v) is 8.71. The van der Waals surface area contributed by atoms with Gasteiger partial charge in [0, 0.05) is 83.8 Å². The first-order valence-corrected chi connectivity index (χ1v) is 16.9. The molecule has 3 aromatic rings. The molecule has 0 amide bonds. The lowest BCUT2D eigenvalue weighted by molar-refractivity contribution is 0.0225. The van der Waals surface area contributed by atoms with Crippen molar-refractivity contribution in [3.8, 4) is 0 Å². The van der Waals surface area contributed by atoms with Crippen LogP contribution in [0.1, 0.15) is 11.7 Å². The lowest BCUT2D eigenvalue weighted by atomic mass is 10.1. The molecule has 2 aromatic carbocycles. The van der Waals surface area contributed by atoms with E-state index in [0.717, 1.165) is 71.4 Å². The molecular formula is C32H39N5O4S2. The van der Waals surface area contributed by atoms with Crippen molar-refractivity contribution in [2.45, 2.75) is 31.7 Å². The van der Waals surface area contributed by atoms with E-state index in [1.165, 1.54) is 25.1 Å². The third-order valence-electron chi connectivity index (χ3n) is 8.47. The number of morpholine rings is 3. The second-order valence-electron chi connectivity index (χ2n) is 11.4. The van der Waals surface area contributed by atoms with Crippen LogP contribution < -0.4 is 15.8 Å². The van der Waals surface area contributed by atoms with Gasteiger partial charge in [-0.25, -0.2) is 0 Å². The predicted octanol–water partition coefficient (Wildman–Crippen LogP) is 4.01. The summed E-state index contributed by atoms with van der Waals surface area (Å²) in [4.78, 5) is 27.5. The summed E-state index contributed by atoms with van der Waals surface area (Å²) in [6.07, 6.45) is 1.58. The second kappa shape index (κ2) is 13.6. The molecule has 1 atom stereocenters. The molecule has 228 valence electrons. The minimum absolute atomic E-state index is 0.0568. The Hall–Kier alpha value is -2.51. The van der Waals surface area contributed by atoms with Crippen LogP contribution in [0.3, 0.4) is 0 Å². The van der Waals surface area contributed by atoms with Crippen LogP contribution in [0, 0.1) is 0 Å². The van der Waals surface area contributed by atoms with Crippen molar-refractivity contribution < 1.29 is 14.2 Å². The number of nitrogens with one attached hydrogen (secondary N) is 2. The molecule has 3 fully saturated rings. The largest absolute Gasteiger partial charge is 0.380 e. The van der Waals surface area contributed by atoms with E-state index in [-0.39, 0.29) is 11.7 Å². The van der Waals surface area contributed by atoms with Gasteiger partial charge in [0.15, 0.2) is 0 Å². The number of hydrogen-bond donors (Lipinski definition) is 2. The minimum Gasteiger partial charge on any atom is -0.380 e. The Kier molecular flexibility index (Phi) is 9.27. The van der Waals surface area contributed by atoms with Crippen molar-refractivity contribution in [3.05, 3.63) is 70.6 Å². The lowest BCUT2D eigenvalue weighted by Crippen LogP contribution is -2.49. The fourth-order valence-electron chi connectivity index (χ4n) is 6.26. The van der Waals surface area contributed by atoms with Crippen molar-refractivity contribution in [1.29, 1.82) is 0 Å². The van der Waals surface area contributed by atoms with Gasteiger partial charge in [-0.1, -0.05) is 35.7 Å². The third-order valence-corrected chi connectivity index (χ3v) is 11.1. The Balaban J connectivity index is 1.07. The molecule has 43 heavy (non-hydrogen) atoms. The molecule has 5 heterocycles. The second-order valence-corrected chi connectivity index (χ2v) is 13.5. The maximum Gasteiger partial charge on any atom is 0.271 e. The van der Waals surface area contributed by atoms with Crippen LogP contribution in [0.15, 0.2) is 79.1 Å². The Labute approximate surface area is 261 Å². The molecule has 3 saturated heterocycles. The first kappa shape index (κ1) is 29.2. The first-order chi connectivity index (χ1) is 21.2.